The molecule has 0 saturated carbocycles. The molecule has 0 aromatic heterocycles. The Balaban J connectivity index is 1.87. The van der Waals surface area contributed by atoms with Gasteiger partial charge in [-0.05, 0) is 37.5 Å². The molecule has 1 N–H and O–H groups in total. The molecule has 0 spiro atoms. The molecule has 4 nitrogen and oxygen atoms in total. The Labute approximate surface area is 121 Å². The topological polar surface area (TPSA) is 41.6 Å². The minimum Gasteiger partial charge on any atom is -0.377 e. The Hall–Kier alpha value is -1.39. The van der Waals surface area contributed by atoms with E-state index in [2.05, 4.69) is 30.1 Å². The number of nitrogens with one attached hydrogen (secondary N) is 1. The summed E-state index contributed by atoms with van der Waals surface area (Å²) in [7, 11) is 0. The third-order valence-electron chi connectivity index (χ3n) is 3.52. The highest BCUT2D eigenvalue weighted by atomic mass is 16.5. The maximum absolute atomic E-state index is 12.1. The van der Waals surface area contributed by atoms with Crippen LogP contribution in [0.15, 0.2) is 24.3 Å². The van der Waals surface area contributed by atoms with Crippen molar-refractivity contribution < 1.29 is 9.53 Å². The number of hydrogen-bond acceptors (Lipinski definition) is 3. The van der Waals surface area contributed by atoms with Gasteiger partial charge in [-0.25, -0.2) is 0 Å². The molecule has 1 amide bonds. The predicted octanol–water partition coefficient (Wildman–Crippen LogP) is 2.30. The van der Waals surface area contributed by atoms with Crippen LogP contribution in [0.1, 0.15) is 25.8 Å². The van der Waals surface area contributed by atoms with Crippen molar-refractivity contribution in [3.8, 4) is 0 Å². The average Bonchev–Trinajstić information content (AvgIpc) is 2.63. The van der Waals surface area contributed by atoms with Crippen LogP contribution in [0.4, 0.5) is 5.69 Å². The first-order valence-electron chi connectivity index (χ1n) is 7.40. The van der Waals surface area contributed by atoms with Gasteiger partial charge < -0.3 is 10.1 Å². The van der Waals surface area contributed by atoms with Crippen LogP contribution in [0.25, 0.3) is 0 Å². The Morgan fingerprint density at radius 1 is 1.50 bits per heavy atom. The SMILES string of the molecule is CCc1cccc(NC(=O)CN2CCCOC(C)C2)c1. The standard InChI is InChI=1S/C16H24N2O2/c1-3-14-6-4-7-15(10-14)17-16(19)12-18-8-5-9-20-13(2)11-18/h4,6-7,10,13H,3,5,8-9,11-12H2,1-2H3,(H,17,19). The van der Waals surface area contributed by atoms with E-state index in [0.29, 0.717) is 6.54 Å². The van der Waals surface area contributed by atoms with Gasteiger partial charge in [0.15, 0.2) is 0 Å². The fourth-order valence-electron chi connectivity index (χ4n) is 2.50. The second-order valence-corrected chi connectivity index (χ2v) is 5.37. The summed E-state index contributed by atoms with van der Waals surface area (Å²) in [5, 5.41) is 2.98. The van der Waals surface area contributed by atoms with Crippen molar-refractivity contribution in [1.29, 1.82) is 0 Å². The summed E-state index contributed by atoms with van der Waals surface area (Å²) in [6.45, 7) is 7.14. The molecule has 1 aromatic rings. The first-order chi connectivity index (χ1) is 9.67. The molecule has 2 rings (SSSR count). The predicted molar refractivity (Wildman–Crippen MR) is 80.9 cm³/mol. The lowest BCUT2D eigenvalue weighted by Crippen LogP contribution is -2.37. The number of nitrogens with zero attached hydrogens (tertiary/aromatic N) is 1. The summed E-state index contributed by atoms with van der Waals surface area (Å²) < 4.78 is 5.59. The average molecular weight is 276 g/mol. The number of amides is 1. The molecule has 1 aromatic carbocycles. The van der Waals surface area contributed by atoms with Crippen molar-refractivity contribution in [2.24, 2.45) is 0 Å². The second kappa shape index (κ2) is 7.41. The normalized spacial score (nSPS) is 20.4. The number of carbonyl (C=O) groups is 1. The van der Waals surface area contributed by atoms with Crippen LogP contribution in [0.3, 0.4) is 0 Å². The fraction of sp³-hybridized carbons (Fsp3) is 0.562. The van der Waals surface area contributed by atoms with Gasteiger partial charge in [0.1, 0.15) is 0 Å². The van der Waals surface area contributed by atoms with E-state index in [1.54, 1.807) is 0 Å². The molecule has 1 aliphatic rings. The lowest BCUT2D eigenvalue weighted by Gasteiger charge is -2.21. The lowest BCUT2D eigenvalue weighted by atomic mass is 10.1. The maximum atomic E-state index is 12.1. The Bertz CT molecular complexity index is 448. The minimum absolute atomic E-state index is 0.0485. The van der Waals surface area contributed by atoms with E-state index < -0.39 is 0 Å². The minimum atomic E-state index is 0.0485. The van der Waals surface area contributed by atoms with Gasteiger partial charge in [-0.2, -0.15) is 0 Å². The van der Waals surface area contributed by atoms with E-state index in [-0.39, 0.29) is 12.0 Å². The van der Waals surface area contributed by atoms with Gasteiger partial charge in [0.05, 0.1) is 12.6 Å². The zero-order valence-corrected chi connectivity index (χ0v) is 12.4. The van der Waals surface area contributed by atoms with Crippen LogP contribution in [0, 0.1) is 0 Å². The van der Waals surface area contributed by atoms with E-state index in [1.807, 2.05) is 18.2 Å². The summed E-state index contributed by atoms with van der Waals surface area (Å²) in [6, 6.07) is 8.02. The summed E-state index contributed by atoms with van der Waals surface area (Å²) in [5.74, 6) is 0.0485. The van der Waals surface area contributed by atoms with E-state index in [1.165, 1.54) is 5.56 Å². The molecule has 4 heteroatoms. The number of hydrogen-bond donors (Lipinski definition) is 1. The summed E-state index contributed by atoms with van der Waals surface area (Å²) in [4.78, 5) is 14.3. The summed E-state index contributed by atoms with van der Waals surface area (Å²) in [6.07, 6.45) is 2.17. The van der Waals surface area contributed by atoms with E-state index >= 15 is 0 Å². The van der Waals surface area contributed by atoms with Crippen LogP contribution in [-0.4, -0.2) is 43.2 Å². The van der Waals surface area contributed by atoms with Gasteiger partial charge >= 0.3 is 0 Å². The summed E-state index contributed by atoms with van der Waals surface area (Å²) >= 11 is 0. The molecule has 0 aliphatic carbocycles. The van der Waals surface area contributed by atoms with E-state index in [0.717, 1.165) is 38.2 Å². The monoisotopic (exact) mass is 276 g/mol. The van der Waals surface area contributed by atoms with Crippen LogP contribution < -0.4 is 5.32 Å². The molecule has 0 bridgehead atoms. The first kappa shape index (κ1) is 15.0. The third kappa shape index (κ3) is 4.62. The van der Waals surface area contributed by atoms with Gasteiger partial charge in [-0.3, -0.25) is 9.69 Å². The second-order valence-electron chi connectivity index (χ2n) is 5.37. The zero-order chi connectivity index (χ0) is 14.4. The number of ether oxygens (including phenoxy) is 1. The maximum Gasteiger partial charge on any atom is 0.238 e. The molecule has 110 valence electrons. The highest BCUT2D eigenvalue weighted by Gasteiger charge is 2.17. The van der Waals surface area contributed by atoms with Crippen LogP contribution in [0.2, 0.25) is 0 Å². The molecule has 0 radical (unpaired) electrons. The number of aryl methyl sites for hydroxylation is 1. The summed E-state index contributed by atoms with van der Waals surface area (Å²) in [5.41, 5.74) is 2.12. The van der Waals surface area contributed by atoms with Crippen molar-refractivity contribution in [2.45, 2.75) is 32.8 Å². The smallest absolute Gasteiger partial charge is 0.238 e. The Morgan fingerprint density at radius 3 is 3.15 bits per heavy atom. The van der Waals surface area contributed by atoms with Crippen molar-refractivity contribution in [1.82, 2.24) is 4.90 Å². The van der Waals surface area contributed by atoms with Gasteiger partial charge in [-0.1, -0.05) is 19.1 Å². The van der Waals surface area contributed by atoms with Gasteiger partial charge in [0, 0.05) is 25.4 Å². The molecule has 1 unspecified atom stereocenters. The highest BCUT2D eigenvalue weighted by molar-refractivity contribution is 5.92. The van der Waals surface area contributed by atoms with Crippen molar-refractivity contribution >= 4 is 11.6 Å². The quantitative estimate of drug-likeness (QED) is 0.917. The van der Waals surface area contributed by atoms with Crippen LogP contribution in [0.5, 0.6) is 0 Å². The first-order valence-corrected chi connectivity index (χ1v) is 7.40. The van der Waals surface area contributed by atoms with Gasteiger partial charge in [0.25, 0.3) is 0 Å². The number of anilines is 1. The molecular weight excluding hydrogens is 252 g/mol. The van der Waals surface area contributed by atoms with Crippen LogP contribution >= 0.6 is 0 Å². The van der Waals surface area contributed by atoms with E-state index in [9.17, 15) is 4.79 Å². The van der Waals surface area contributed by atoms with Crippen LogP contribution in [-0.2, 0) is 16.0 Å². The molecular formula is C16H24N2O2. The number of carbonyl (C=O) groups excluding carboxylic acids is 1. The number of rotatable bonds is 4. The van der Waals surface area contributed by atoms with Crippen molar-refractivity contribution in [3.05, 3.63) is 29.8 Å². The van der Waals surface area contributed by atoms with Gasteiger partial charge in [0.2, 0.25) is 5.91 Å². The molecule has 20 heavy (non-hydrogen) atoms. The molecule has 1 atom stereocenters. The highest BCUT2D eigenvalue weighted by Crippen LogP contribution is 2.11. The molecule has 1 aliphatic heterocycles. The molecule has 1 heterocycles. The Kier molecular flexibility index (Phi) is 5.56. The lowest BCUT2D eigenvalue weighted by molar-refractivity contribution is -0.117. The van der Waals surface area contributed by atoms with E-state index in [4.69, 9.17) is 4.74 Å². The fourth-order valence-corrected chi connectivity index (χ4v) is 2.50. The molecule has 1 fully saturated rings. The molecule has 1 saturated heterocycles. The number of benzene rings is 1. The van der Waals surface area contributed by atoms with Crippen molar-refractivity contribution in [3.63, 3.8) is 0 Å². The van der Waals surface area contributed by atoms with Gasteiger partial charge in [-0.15, -0.1) is 0 Å². The Morgan fingerprint density at radius 2 is 2.35 bits per heavy atom. The zero-order valence-electron chi connectivity index (χ0n) is 12.4. The van der Waals surface area contributed by atoms with Crippen molar-refractivity contribution in [2.75, 3.05) is 31.6 Å². The largest absolute Gasteiger partial charge is 0.377 e. The third-order valence-corrected chi connectivity index (χ3v) is 3.52.